The van der Waals surface area contributed by atoms with E-state index < -0.39 is 5.60 Å². The summed E-state index contributed by atoms with van der Waals surface area (Å²) >= 11 is 0. The summed E-state index contributed by atoms with van der Waals surface area (Å²) in [6.45, 7) is 0. The van der Waals surface area contributed by atoms with Crippen LogP contribution in [0.1, 0.15) is 16.9 Å². The van der Waals surface area contributed by atoms with Crippen LogP contribution in [0.15, 0.2) is 95.4 Å². The molecular weight excluding hydrogens is 284 g/mol. The van der Waals surface area contributed by atoms with E-state index in [1.54, 1.807) is 0 Å². The lowest BCUT2D eigenvalue weighted by atomic mass is 9.84. The van der Waals surface area contributed by atoms with E-state index in [-0.39, 0.29) is 0 Å². The van der Waals surface area contributed by atoms with Crippen molar-refractivity contribution in [1.29, 1.82) is 0 Å². The van der Waals surface area contributed by atoms with Gasteiger partial charge in [-0.25, -0.2) is 0 Å². The molecule has 3 aromatic carbocycles. The van der Waals surface area contributed by atoms with Crippen LogP contribution < -0.4 is 0 Å². The fraction of sp³-hybridized carbons (Fsp3) is 0.0476. The first-order valence-corrected chi connectivity index (χ1v) is 7.61. The number of hydrogen-bond donors (Lipinski definition) is 1. The average Bonchev–Trinajstić information content (AvgIpc) is 3.07. The Morgan fingerprint density at radius 3 is 1.74 bits per heavy atom. The van der Waals surface area contributed by atoms with Crippen LogP contribution in [0.4, 0.5) is 0 Å². The number of furan rings is 1. The van der Waals surface area contributed by atoms with Gasteiger partial charge < -0.3 is 9.52 Å². The number of aliphatic hydroxyl groups is 1. The van der Waals surface area contributed by atoms with Crippen molar-refractivity contribution in [3.8, 4) is 0 Å². The minimum Gasteiger partial charge on any atom is -0.457 e. The van der Waals surface area contributed by atoms with Crippen LogP contribution in [0.5, 0.6) is 0 Å². The second-order valence-corrected chi connectivity index (χ2v) is 5.59. The molecule has 4 aromatic rings. The standard InChI is InChI=1S/C21H16O2/c22-21(17-10-3-1-4-11-17,18-12-5-2-6-13-18)20-15-16-9-7-8-14-19(16)23-20/h1-15,22H. The second-order valence-electron chi connectivity index (χ2n) is 5.59. The Kier molecular flexibility index (Phi) is 3.25. The van der Waals surface area contributed by atoms with Crippen LogP contribution in [-0.4, -0.2) is 5.11 Å². The maximum Gasteiger partial charge on any atom is 0.173 e. The predicted molar refractivity (Wildman–Crippen MR) is 91.2 cm³/mol. The van der Waals surface area contributed by atoms with E-state index in [0.717, 1.165) is 22.1 Å². The molecule has 0 aliphatic carbocycles. The van der Waals surface area contributed by atoms with Crippen molar-refractivity contribution in [1.82, 2.24) is 0 Å². The van der Waals surface area contributed by atoms with Gasteiger partial charge in [-0.05, 0) is 23.3 Å². The molecule has 112 valence electrons. The van der Waals surface area contributed by atoms with Gasteiger partial charge in [-0.3, -0.25) is 0 Å². The Labute approximate surface area is 134 Å². The molecule has 1 aromatic heterocycles. The molecule has 0 atom stereocenters. The van der Waals surface area contributed by atoms with Gasteiger partial charge in [-0.2, -0.15) is 0 Å². The van der Waals surface area contributed by atoms with Crippen molar-refractivity contribution in [2.75, 3.05) is 0 Å². The number of para-hydroxylation sites is 1. The van der Waals surface area contributed by atoms with Crippen molar-refractivity contribution < 1.29 is 9.52 Å². The number of rotatable bonds is 3. The molecule has 0 spiro atoms. The Bertz CT molecular complexity index is 851. The molecule has 0 aliphatic heterocycles. The Balaban J connectivity index is 1.99. The third kappa shape index (κ3) is 2.24. The third-order valence-electron chi connectivity index (χ3n) is 4.17. The highest BCUT2D eigenvalue weighted by molar-refractivity contribution is 5.78. The summed E-state index contributed by atoms with van der Waals surface area (Å²) in [4.78, 5) is 0. The zero-order valence-electron chi connectivity index (χ0n) is 12.5. The number of fused-ring (bicyclic) bond motifs is 1. The van der Waals surface area contributed by atoms with E-state index in [0.29, 0.717) is 5.76 Å². The first-order valence-electron chi connectivity index (χ1n) is 7.61. The molecule has 2 heteroatoms. The normalized spacial score (nSPS) is 11.7. The van der Waals surface area contributed by atoms with Gasteiger partial charge >= 0.3 is 0 Å². The SMILES string of the molecule is OC(c1ccccc1)(c1ccccc1)c1cc2ccccc2o1. The fourth-order valence-electron chi connectivity index (χ4n) is 2.97. The zero-order chi connectivity index (χ0) is 15.7. The van der Waals surface area contributed by atoms with Crippen molar-refractivity contribution in [2.24, 2.45) is 0 Å². The molecule has 1 heterocycles. The lowest BCUT2D eigenvalue weighted by Gasteiger charge is -2.27. The summed E-state index contributed by atoms with van der Waals surface area (Å²) in [5.74, 6) is 0.524. The van der Waals surface area contributed by atoms with Crippen LogP contribution in [-0.2, 0) is 5.60 Å². The third-order valence-corrected chi connectivity index (χ3v) is 4.17. The lowest BCUT2D eigenvalue weighted by molar-refractivity contribution is 0.101. The topological polar surface area (TPSA) is 33.4 Å². The molecule has 0 aliphatic rings. The van der Waals surface area contributed by atoms with E-state index >= 15 is 0 Å². The van der Waals surface area contributed by atoms with Gasteiger partial charge in [0.2, 0.25) is 0 Å². The highest BCUT2D eigenvalue weighted by Gasteiger charge is 2.37. The molecule has 0 saturated carbocycles. The van der Waals surface area contributed by atoms with E-state index in [1.165, 1.54) is 0 Å². The monoisotopic (exact) mass is 300 g/mol. The smallest absolute Gasteiger partial charge is 0.173 e. The molecular formula is C21H16O2. The highest BCUT2D eigenvalue weighted by atomic mass is 16.4. The molecule has 0 bridgehead atoms. The summed E-state index contributed by atoms with van der Waals surface area (Å²) in [5, 5.41) is 12.6. The van der Waals surface area contributed by atoms with Gasteiger partial charge in [0.15, 0.2) is 5.60 Å². The highest BCUT2D eigenvalue weighted by Crippen LogP contribution is 2.38. The van der Waals surface area contributed by atoms with Crippen molar-refractivity contribution in [3.63, 3.8) is 0 Å². The van der Waals surface area contributed by atoms with Crippen molar-refractivity contribution >= 4 is 11.0 Å². The van der Waals surface area contributed by atoms with E-state index in [1.807, 2.05) is 91.0 Å². The van der Waals surface area contributed by atoms with Crippen molar-refractivity contribution in [2.45, 2.75) is 5.60 Å². The number of benzene rings is 3. The molecule has 0 fully saturated rings. The van der Waals surface area contributed by atoms with E-state index in [9.17, 15) is 5.11 Å². The van der Waals surface area contributed by atoms with Crippen LogP contribution in [0.25, 0.3) is 11.0 Å². The quantitative estimate of drug-likeness (QED) is 0.594. The van der Waals surface area contributed by atoms with E-state index in [2.05, 4.69) is 0 Å². The van der Waals surface area contributed by atoms with Gasteiger partial charge in [0, 0.05) is 5.39 Å². The van der Waals surface area contributed by atoms with Gasteiger partial charge in [0.1, 0.15) is 11.3 Å². The minimum atomic E-state index is -1.32. The fourth-order valence-corrected chi connectivity index (χ4v) is 2.97. The average molecular weight is 300 g/mol. The lowest BCUT2D eigenvalue weighted by Crippen LogP contribution is -2.28. The summed E-state index contributed by atoms with van der Waals surface area (Å²) in [6, 6.07) is 28.9. The van der Waals surface area contributed by atoms with Gasteiger partial charge in [-0.15, -0.1) is 0 Å². The predicted octanol–water partition coefficient (Wildman–Crippen LogP) is 4.72. The summed E-state index contributed by atoms with van der Waals surface area (Å²) < 4.78 is 5.99. The van der Waals surface area contributed by atoms with Crippen LogP contribution in [0.2, 0.25) is 0 Å². The molecule has 0 saturated heterocycles. The van der Waals surface area contributed by atoms with Gasteiger partial charge in [-0.1, -0.05) is 78.9 Å². The van der Waals surface area contributed by atoms with Crippen LogP contribution >= 0.6 is 0 Å². The first kappa shape index (κ1) is 13.8. The number of hydrogen-bond acceptors (Lipinski definition) is 2. The largest absolute Gasteiger partial charge is 0.457 e. The molecule has 4 rings (SSSR count). The van der Waals surface area contributed by atoms with Crippen LogP contribution in [0.3, 0.4) is 0 Å². The summed E-state index contributed by atoms with van der Waals surface area (Å²) in [5.41, 5.74) is 1.02. The molecule has 23 heavy (non-hydrogen) atoms. The molecule has 0 unspecified atom stereocenters. The molecule has 0 amide bonds. The van der Waals surface area contributed by atoms with Crippen molar-refractivity contribution in [3.05, 3.63) is 108 Å². The van der Waals surface area contributed by atoms with E-state index in [4.69, 9.17) is 4.42 Å². The first-order chi connectivity index (χ1) is 11.3. The molecule has 1 N–H and O–H groups in total. The maximum atomic E-state index is 11.6. The second kappa shape index (κ2) is 5.41. The minimum absolute atomic E-state index is 0.524. The molecule has 2 nitrogen and oxygen atoms in total. The Morgan fingerprint density at radius 2 is 1.17 bits per heavy atom. The zero-order valence-corrected chi connectivity index (χ0v) is 12.5. The summed E-state index contributed by atoms with van der Waals surface area (Å²) in [6.07, 6.45) is 0. The van der Waals surface area contributed by atoms with Crippen LogP contribution in [0, 0.1) is 0 Å². The Morgan fingerprint density at radius 1 is 0.652 bits per heavy atom. The maximum absolute atomic E-state index is 11.6. The molecule has 0 radical (unpaired) electrons. The summed E-state index contributed by atoms with van der Waals surface area (Å²) in [7, 11) is 0. The Hall–Kier alpha value is -2.84. The van der Waals surface area contributed by atoms with Gasteiger partial charge in [0.05, 0.1) is 0 Å². The van der Waals surface area contributed by atoms with Gasteiger partial charge in [0.25, 0.3) is 0 Å².